The van der Waals surface area contributed by atoms with E-state index in [0.717, 1.165) is 0 Å². The van der Waals surface area contributed by atoms with Crippen LogP contribution in [0.15, 0.2) is 18.2 Å². The number of hydrogen-bond donors (Lipinski definition) is 1. The Kier molecular flexibility index (Phi) is 2.74. The summed E-state index contributed by atoms with van der Waals surface area (Å²) < 4.78 is 25.7. The van der Waals surface area contributed by atoms with Crippen molar-refractivity contribution in [1.82, 2.24) is 0 Å². The standard InChI is InChI=1S/C11H9N3O2S/c12-6-8-1-2-10(5-9(8)7-13)14-17(15,16)11-3-4-11/h1-2,5,11,14H,3-4H2. The Balaban J connectivity index is 2.30. The predicted octanol–water partition coefficient (Wildman–Crippen LogP) is 1.33. The Morgan fingerprint density at radius 3 is 2.35 bits per heavy atom. The molecule has 1 N–H and O–H groups in total. The van der Waals surface area contributed by atoms with E-state index in [2.05, 4.69) is 4.72 Å². The van der Waals surface area contributed by atoms with Gasteiger partial charge in [0.25, 0.3) is 0 Å². The van der Waals surface area contributed by atoms with Gasteiger partial charge in [0.15, 0.2) is 0 Å². The van der Waals surface area contributed by atoms with Crippen LogP contribution in [0.4, 0.5) is 5.69 Å². The van der Waals surface area contributed by atoms with Crippen molar-refractivity contribution in [3.8, 4) is 12.1 Å². The number of sulfonamides is 1. The number of nitriles is 2. The maximum Gasteiger partial charge on any atom is 0.235 e. The summed E-state index contributed by atoms with van der Waals surface area (Å²) in [5.41, 5.74) is 0.734. The minimum atomic E-state index is -3.33. The molecule has 6 heteroatoms. The molecular formula is C11H9N3O2S. The van der Waals surface area contributed by atoms with E-state index in [0.29, 0.717) is 18.5 Å². The van der Waals surface area contributed by atoms with Gasteiger partial charge >= 0.3 is 0 Å². The lowest BCUT2D eigenvalue weighted by Crippen LogP contribution is -2.17. The minimum absolute atomic E-state index is 0.170. The molecule has 0 saturated heterocycles. The fourth-order valence-corrected chi connectivity index (χ4v) is 2.80. The Labute approximate surface area is 99.3 Å². The zero-order valence-corrected chi connectivity index (χ0v) is 9.66. The third kappa shape index (κ3) is 2.38. The Morgan fingerprint density at radius 2 is 1.82 bits per heavy atom. The van der Waals surface area contributed by atoms with E-state index in [9.17, 15) is 8.42 Å². The molecule has 0 unspecified atom stereocenters. The highest BCUT2D eigenvalue weighted by Crippen LogP contribution is 2.30. The molecule has 2 rings (SSSR count). The molecule has 1 aromatic rings. The summed E-state index contributed by atoms with van der Waals surface area (Å²) in [6.45, 7) is 0. The molecule has 1 aromatic carbocycles. The highest BCUT2D eigenvalue weighted by molar-refractivity contribution is 7.93. The average molecular weight is 247 g/mol. The van der Waals surface area contributed by atoms with Crippen LogP contribution in [0.1, 0.15) is 24.0 Å². The first-order valence-electron chi connectivity index (χ1n) is 5.02. The summed E-state index contributed by atoms with van der Waals surface area (Å²) in [7, 11) is -3.33. The summed E-state index contributed by atoms with van der Waals surface area (Å²) in [4.78, 5) is 0. The molecule has 1 aliphatic carbocycles. The number of nitrogens with one attached hydrogen (secondary N) is 1. The molecule has 0 radical (unpaired) electrons. The van der Waals surface area contributed by atoms with Crippen molar-refractivity contribution in [3.63, 3.8) is 0 Å². The molecule has 0 spiro atoms. The van der Waals surface area contributed by atoms with Gasteiger partial charge in [-0.15, -0.1) is 0 Å². The van der Waals surface area contributed by atoms with Crippen molar-refractivity contribution in [2.45, 2.75) is 18.1 Å². The van der Waals surface area contributed by atoms with Crippen molar-refractivity contribution in [3.05, 3.63) is 29.3 Å². The zero-order valence-electron chi connectivity index (χ0n) is 8.84. The highest BCUT2D eigenvalue weighted by atomic mass is 32.2. The second-order valence-corrected chi connectivity index (χ2v) is 5.79. The largest absolute Gasteiger partial charge is 0.283 e. The van der Waals surface area contributed by atoms with Gasteiger partial charge in [0.1, 0.15) is 12.1 Å². The van der Waals surface area contributed by atoms with Crippen molar-refractivity contribution in [2.24, 2.45) is 0 Å². The first kappa shape index (κ1) is 11.4. The molecule has 0 amide bonds. The second-order valence-electron chi connectivity index (χ2n) is 3.83. The lowest BCUT2D eigenvalue weighted by Gasteiger charge is -2.07. The van der Waals surface area contributed by atoms with Gasteiger partial charge in [-0.2, -0.15) is 10.5 Å². The van der Waals surface area contributed by atoms with Gasteiger partial charge in [-0.05, 0) is 31.0 Å². The van der Waals surface area contributed by atoms with E-state index in [4.69, 9.17) is 10.5 Å². The van der Waals surface area contributed by atoms with Gasteiger partial charge in [-0.25, -0.2) is 8.42 Å². The molecule has 1 saturated carbocycles. The van der Waals surface area contributed by atoms with E-state index in [1.54, 1.807) is 0 Å². The molecular weight excluding hydrogens is 238 g/mol. The average Bonchev–Trinajstić information content (AvgIpc) is 3.12. The predicted molar refractivity (Wildman–Crippen MR) is 61.4 cm³/mol. The third-order valence-corrected chi connectivity index (χ3v) is 4.35. The zero-order chi connectivity index (χ0) is 12.5. The maximum atomic E-state index is 11.7. The van der Waals surface area contributed by atoms with E-state index < -0.39 is 10.0 Å². The fraction of sp³-hybridized carbons (Fsp3) is 0.273. The van der Waals surface area contributed by atoms with Gasteiger partial charge in [0.05, 0.1) is 16.4 Å². The summed E-state index contributed by atoms with van der Waals surface area (Å²) >= 11 is 0. The van der Waals surface area contributed by atoms with Gasteiger partial charge in [-0.1, -0.05) is 0 Å². The molecule has 0 aliphatic heterocycles. The van der Waals surface area contributed by atoms with Gasteiger partial charge in [0, 0.05) is 5.69 Å². The Bertz CT molecular complexity index is 634. The molecule has 0 heterocycles. The molecule has 0 bridgehead atoms. The Hall–Kier alpha value is -2.05. The molecule has 1 fully saturated rings. The summed E-state index contributed by atoms with van der Waals surface area (Å²) in [6, 6.07) is 8.02. The summed E-state index contributed by atoms with van der Waals surface area (Å²) in [5, 5.41) is 17.2. The van der Waals surface area contributed by atoms with Crippen molar-refractivity contribution in [1.29, 1.82) is 10.5 Å². The van der Waals surface area contributed by atoms with Crippen LogP contribution in [-0.2, 0) is 10.0 Å². The summed E-state index contributed by atoms with van der Waals surface area (Å²) in [6.07, 6.45) is 1.35. The normalized spacial score (nSPS) is 14.7. The van der Waals surface area contributed by atoms with Crippen LogP contribution >= 0.6 is 0 Å². The third-order valence-electron chi connectivity index (χ3n) is 2.48. The molecule has 17 heavy (non-hydrogen) atoms. The highest BCUT2D eigenvalue weighted by Gasteiger charge is 2.35. The molecule has 1 aliphatic rings. The molecule has 86 valence electrons. The molecule has 5 nitrogen and oxygen atoms in total. The maximum absolute atomic E-state index is 11.7. The van der Waals surface area contributed by atoms with Gasteiger partial charge in [0.2, 0.25) is 10.0 Å². The number of benzene rings is 1. The SMILES string of the molecule is N#Cc1ccc(NS(=O)(=O)C2CC2)cc1C#N. The monoisotopic (exact) mass is 247 g/mol. The Morgan fingerprint density at radius 1 is 1.18 bits per heavy atom. The topological polar surface area (TPSA) is 93.8 Å². The van der Waals surface area contributed by atoms with Crippen LogP contribution in [0.25, 0.3) is 0 Å². The first-order valence-corrected chi connectivity index (χ1v) is 6.57. The van der Waals surface area contributed by atoms with E-state index in [1.165, 1.54) is 18.2 Å². The van der Waals surface area contributed by atoms with E-state index in [-0.39, 0.29) is 16.4 Å². The quantitative estimate of drug-likeness (QED) is 0.871. The second kappa shape index (κ2) is 4.08. The van der Waals surface area contributed by atoms with Crippen LogP contribution in [0, 0.1) is 22.7 Å². The van der Waals surface area contributed by atoms with Crippen molar-refractivity contribution < 1.29 is 8.42 Å². The number of rotatable bonds is 3. The van der Waals surface area contributed by atoms with Crippen LogP contribution in [-0.4, -0.2) is 13.7 Å². The van der Waals surface area contributed by atoms with Crippen LogP contribution in [0.2, 0.25) is 0 Å². The van der Waals surface area contributed by atoms with Crippen LogP contribution in [0.3, 0.4) is 0 Å². The number of nitrogens with zero attached hydrogens (tertiary/aromatic N) is 2. The van der Waals surface area contributed by atoms with E-state index >= 15 is 0 Å². The number of anilines is 1. The van der Waals surface area contributed by atoms with Gasteiger partial charge < -0.3 is 0 Å². The van der Waals surface area contributed by atoms with Crippen molar-refractivity contribution in [2.75, 3.05) is 4.72 Å². The van der Waals surface area contributed by atoms with E-state index in [1.807, 2.05) is 12.1 Å². The smallest absolute Gasteiger partial charge is 0.235 e. The lowest BCUT2D eigenvalue weighted by atomic mass is 10.1. The van der Waals surface area contributed by atoms with Crippen LogP contribution < -0.4 is 4.72 Å². The number of hydrogen-bond acceptors (Lipinski definition) is 4. The van der Waals surface area contributed by atoms with Crippen LogP contribution in [0.5, 0.6) is 0 Å². The fourth-order valence-electron chi connectivity index (χ4n) is 1.42. The summed E-state index contributed by atoms with van der Waals surface area (Å²) in [5.74, 6) is 0. The molecule has 0 aromatic heterocycles. The lowest BCUT2D eigenvalue weighted by molar-refractivity contribution is 0.600. The molecule has 0 atom stereocenters. The first-order chi connectivity index (χ1) is 8.06. The van der Waals surface area contributed by atoms with Gasteiger partial charge in [-0.3, -0.25) is 4.72 Å². The minimum Gasteiger partial charge on any atom is -0.283 e. The van der Waals surface area contributed by atoms with Crippen molar-refractivity contribution >= 4 is 15.7 Å².